The van der Waals surface area contributed by atoms with Crippen molar-refractivity contribution in [2.24, 2.45) is 0 Å². The smallest absolute Gasteiger partial charge is 0.258 e. The van der Waals surface area contributed by atoms with Gasteiger partial charge < -0.3 is 10.6 Å². The molecule has 0 spiro atoms. The van der Waals surface area contributed by atoms with Gasteiger partial charge in [0.25, 0.3) is 11.8 Å². The highest BCUT2D eigenvalue weighted by Crippen LogP contribution is 2.37. The van der Waals surface area contributed by atoms with Crippen molar-refractivity contribution >= 4 is 33.2 Å². The maximum Gasteiger partial charge on any atom is 0.258 e. The van der Waals surface area contributed by atoms with Gasteiger partial charge in [-0.1, -0.05) is 42.5 Å². The Labute approximate surface area is 155 Å². The minimum Gasteiger partial charge on any atom is -0.321 e. The average molecular weight is 381 g/mol. The van der Waals surface area contributed by atoms with Crippen LogP contribution in [0.4, 0.5) is 0 Å². The van der Waals surface area contributed by atoms with Gasteiger partial charge in [-0.25, -0.2) is 13.1 Å². The zero-order valence-corrected chi connectivity index (χ0v) is 15.1. The highest BCUT2D eigenvalue weighted by atomic mass is 32.2. The van der Waals surface area contributed by atoms with Gasteiger partial charge in [0.15, 0.2) is 0 Å². The number of benzene rings is 2. The van der Waals surface area contributed by atoms with Crippen LogP contribution in [0.15, 0.2) is 70.6 Å². The van der Waals surface area contributed by atoms with E-state index in [4.69, 9.17) is 0 Å². The van der Waals surface area contributed by atoms with Crippen molar-refractivity contribution in [2.45, 2.75) is 4.90 Å². The van der Waals surface area contributed by atoms with Crippen molar-refractivity contribution in [3.63, 3.8) is 0 Å². The van der Waals surface area contributed by atoms with Gasteiger partial charge in [-0.15, -0.1) is 0 Å². The summed E-state index contributed by atoms with van der Waals surface area (Å²) in [5, 5.41) is 5.49. The molecule has 0 unspecified atom stereocenters. The molecule has 0 radical (unpaired) electrons. The largest absolute Gasteiger partial charge is 0.321 e. The minimum atomic E-state index is -3.56. The van der Waals surface area contributed by atoms with E-state index in [2.05, 4.69) is 15.4 Å². The Morgan fingerprint density at radius 1 is 0.741 bits per heavy atom. The van der Waals surface area contributed by atoms with Crippen molar-refractivity contribution < 1.29 is 18.0 Å². The molecule has 2 aromatic carbocycles. The van der Waals surface area contributed by atoms with Gasteiger partial charge in [-0.2, -0.15) is 0 Å². The minimum absolute atomic E-state index is 0.0975. The van der Waals surface area contributed by atoms with E-state index in [0.29, 0.717) is 22.5 Å². The van der Waals surface area contributed by atoms with Crippen LogP contribution in [0.25, 0.3) is 11.4 Å². The van der Waals surface area contributed by atoms with Crippen LogP contribution in [-0.4, -0.2) is 27.3 Å². The molecular weight excluding hydrogens is 366 g/mol. The maximum atomic E-state index is 12.5. The van der Waals surface area contributed by atoms with Crippen molar-refractivity contribution in [1.29, 1.82) is 0 Å². The van der Waals surface area contributed by atoms with E-state index in [-0.39, 0.29) is 22.3 Å². The number of carbonyl (C=O) groups excluding carboxylic acids is 2. The van der Waals surface area contributed by atoms with Gasteiger partial charge in [-0.3, -0.25) is 9.59 Å². The molecule has 136 valence electrons. The molecule has 3 N–H and O–H groups in total. The molecule has 2 heterocycles. The topological polar surface area (TPSA) is 104 Å². The quantitative estimate of drug-likeness (QED) is 0.734. The molecular formula is C19H15N3O4S. The fraction of sp³-hybridized carbons (Fsp3) is 0.0526. The molecule has 2 aliphatic heterocycles. The molecule has 2 aliphatic rings. The molecule has 0 atom stereocenters. The first-order chi connectivity index (χ1) is 12.9. The van der Waals surface area contributed by atoms with Crippen LogP contribution in [0.3, 0.4) is 0 Å². The van der Waals surface area contributed by atoms with E-state index in [1.54, 1.807) is 12.1 Å². The third-order valence-corrected chi connectivity index (χ3v) is 5.90. The Morgan fingerprint density at radius 3 is 1.70 bits per heavy atom. The lowest BCUT2D eigenvalue weighted by atomic mass is 10.0. The Kier molecular flexibility index (Phi) is 3.94. The van der Waals surface area contributed by atoms with Crippen LogP contribution in [0.1, 0.15) is 11.1 Å². The second-order valence-corrected chi connectivity index (χ2v) is 7.89. The summed E-state index contributed by atoms with van der Waals surface area (Å²) in [6, 6.07) is 15.1. The Bertz CT molecular complexity index is 1130. The van der Waals surface area contributed by atoms with Gasteiger partial charge in [-0.05, 0) is 30.3 Å². The van der Waals surface area contributed by atoms with E-state index in [9.17, 15) is 18.0 Å². The van der Waals surface area contributed by atoms with Crippen LogP contribution >= 0.6 is 0 Å². The van der Waals surface area contributed by atoms with Gasteiger partial charge in [0, 0.05) is 0 Å². The fourth-order valence-corrected chi connectivity index (χ4v) is 3.87. The van der Waals surface area contributed by atoms with Crippen LogP contribution in [0.5, 0.6) is 0 Å². The highest BCUT2D eigenvalue weighted by molar-refractivity contribution is 7.89. The van der Waals surface area contributed by atoms with E-state index in [0.717, 1.165) is 5.56 Å². The lowest BCUT2D eigenvalue weighted by Crippen LogP contribution is -2.21. The monoisotopic (exact) mass is 381 g/mol. The standard InChI is InChI=1S/C19H15N3O4S/c1-20-27(25,26)13-9-7-12(8-10-13)17-15-14(18(23)22-17)16(21-19(15)24)11-5-3-2-4-6-11/h2-10,20H,1H3,(H,21,24)(H,22,23). The van der Waals surface area contributed by atoms with Crippen molar-refractivity contribution in [3.8, 4) is 0 Å². The third-order valence-electron chi connectivity index (χ3n) is 4.47. The van der Waals surface area contributed by atoms with Crippen LogP contribution < -0.4 is 15.4 Å². The number of hydrogen-bond acceptors (Lipinski definition) is 4. The number of hydrogen-bond donors (Lipinski definition) is 3. The summed E-state index contributed by atoms with van der Waals surface area (Å²) in [5.41, 5.74) is 2.69. The van der Waals surface area contributed by atoms with Gasteiger partial charge in [0.05, 0.1) is 27.4 Å². The summed E-state index contributed by atoms with van der Waals surface area (Å²) in [4.78, 5) is 25.2. The first kappa shape index (κ1) is 17.2. The lowest BCUT2D eigenvalue weighted by Gasteiger charge is -2.08. The van der Waals surface area contributed by atoms with E-state index in [1.807, 2.05) is 30.3 Å². The van der Waals surface area contributed by atoms with Crippen molar-refractivity contribution in [2.75, 3.05) is 7.05 Å². The molecule has 0 saturated heterocycles. The van der Waals surface area contributed by atoms with Crippen LogP contribution in [0.2, 0.25) is 0 Å². The molecule has 4 rings (SSSR count). The predicted octanol–water partition coefficient (Wildman–Crippen LogP) is 0.977. The van der Waals surface area contributed by atoms with Gasteiger partial charge in [0.2, 0.25) is 10.0 Å². The summed E-state index contributed by atoms with van der Waals surface area (Å²) in [5.74, 6) is -0.742. The van der Waals surface area contributed by atoms with Crippen LogP contribution in [0, 0.1) is 0 Å². The second kappa shape index (κ2) is 6.19. The first-order valence-corrected chi connectivity index (χ1v) is 9.62. The Hall–Kier alpha value is -3.23. The summed E-state index contributed by atoms with van der Waals surface area (Å²) in [6.07, 6.45) is 0. The van der Waals surface area contributed by atoms with Crippen LogP contribution in [-0.2, 0) is 19.6 Å². The molecule has 27 heavy (non-hydrogen) atoms. The number of carbonyl (C=O) groups is 2. The first-order valence-electron chi connectivity index (χ1n) is 8.13. The summed E-state index contributed by atoms with van der Waals surface area (Å²) >= 11 is 0. The van der Waals surface area contributed by atoms with E-state index in [1.165, 1.54) is 19.2 Å². The predicted molar refractivity (Wildman–Crippen MR) is 99.3 cm³/mol. The van der Waals surface area contributed by atoms with E-state index < -0.39 is 10.0 Å². The lowest BCUT2D eigenvalue weighted by molar-refractivity contribution is -0.117. The number of nitrogens with one attached hydrogen (secondary N) is 3. The zero-order chi connectivity index (χ0) is 19.2. The number of sulfonamides is 1. The third kappa shape index (κ3) is 2.75. The molecule has 0 aliphatic carbocycles. The molecule has 8 heteroatoms. The van der Waals surface area contributed by atoms with Crippen molar-refractivity contribution in [3.05, 3.63) is 76.9 Å². The molecule has 7 nitrogen and oxygen atoms in total. The average Bonchev–Trinajstić information content (AvgIpc) is 3.21. The fourth-order valence-electron chi connectivity index (χ4n) is 3.14. The second-order valence-electron chi connectivity index (χ2n) is 6.01. The van der Waals surface area contributed by atoms with E-state index >= 15 is 0 Å². The number of rotatable bonds is 4. The van der Waals surface area contributed by atoms with Gasteiger partial charge >= 0.3 is 0 Å². The summed E-state index contributed by atoms with van der Waals surface area (Å²) < 4.78 is 26.0. The number of amides is 2. The number of fused-ring (bicyclic) bond motifs is 1. The normalized spacial score (nSPS) is 16.5. The SMILES string of the molecule is CNS(=O)(=O)c1ccc(C2=C3C(=O)NC(c4ccccc4)=C3C(=O)N2)cc1. The summed E-state index contributed by atoms with van der Waals surface area (Å²) in [6.45, 7) is 0. The zero-order valence-electron chi connectivity index (χ0n) is 14.2. The maximum absolute atomic E-state index is 12.5. The molecule has 0 bridgehead atoms. The molecule has 2 amide bonds. The molecule has 0 fully saturated rings. The molecule has 0 saturated carbocycles. The highest BCUT2D eigenvalue weighted by Gasteiger charge is 2.40. The molecule has 2 aromatic rings. The Morgan fingerprint density at radius 2 is 1.22 bits per heavy atom. The van der Waals surface area contributed by atoms with Crippen molar-refractivity contribution in [1.82, 2.24) is 15.4 Å². The summed E-state index contributed by atoms with van der Waals surface area (Å²) in [7, 11) is -2.23. The molecule has 0 aromatic heterocycles. The Balaban J connectivity index is 1.82. The van der Waals surface area contributed by atoms with Gasteiger partial charge in [0.1, 0.15) is 0 Å².